The maximum absolute atomic E-state index is 12.5. The number of aliphatic carboxylic acids is 1. The highest BCUT2D eigenvalue weighted by Crippen LogP contribution is 2.44. The topological polar surface area (TPSA) is 114 Å². The molecule has 1 aliphatic carbocycles. The van der Waals surface area contributed by atoms with Crippen LogP contribution in [0.1, 0.15) is 37.3 Å². The van der Waals surface area contributed by atoms with Gasteiger partial charge in [0.15, 0.2) is 0 Å². The van der Waals surface area contributed by atoms with E-state index < -0.39 is 36.0 Å². The number of hydrogen-bond acceptors (Lipinski definition) is 5. The Morgan fingerprint density at radius 3 is 2.12 bits per heavy atom. The molecule has 0 aliphatic heterocycles. The predicted molar refractivity (Wildman–Crippen MR) is 118 cm³/mol. The van der Waals surface area contributed by atoms with Crippen LogP contribution >= 0.6 is 0 Å². The minimum absolute atomic E-state index is 0.0674. The van der Waals surface area contributed by atoms with Gasteiger partial charge in [0.25, 0.3) is 0 Å². The van der Waals surface area contributed by atoms with Gasteiger partial charge < -0.3 is 25.2 Å². The Morgan fingerprint density at radius 2 is 1.59 bits per heavy atom. The molecular formula is C24H28N2O6. The minimum atomic E-state index is -1.27. The lowest BCUT2D eigenvalue weighted by atomic mass is 9.98. The van der Waals surface area contributed by atoms with E-state index in [0.717, 1.165) is 22.3 Å². The summed E-state index contributed by atoms with van der Waals surface area (Å²) in [7, 11) is 1.51. The van der Waals surface area contributed by atoms with E-state index in [1.54, 1.807) is 13.8 Å². The second-order valence-corrected chi connectivity index (χ2v) is 8.30. The third-order valence-corrected chi connectivity index (χ3v) is 5.57. The number of benzene rings is 2. The molecule has 0 radical (unpaired) electrons. The van der Waals surface area contributed by atoms with Crippen LogP contribution in [0, 0.1) is 0 Å². The summed E-state index contributed by atoms with van der Waals surface area (Å²) in [5.41, 5.74) is 3.68. The van der Waals surface area contributed by atoms with E-state index in [4.69, 9.17) is 14.6 Å². The third kappa shape index (κ3) is 5.45. The molecule has 2 aromatic rings. The molecule has 32 heavy (non-hydrogen) atoms. The van der Waals surface area contributed by atoms with E-state index in [1.807, 2.05) is 48.5 Å². The SMILES string of the molecule is COC(C)(C)CNC(=O)C(CC(=O)O)NC(=O)OCC1c2ccccc2-c2ccccc21. The Hall–Kier alpha value is -3.39. The summed E-state index contributed by atoms with van der Waals surface area (Å²) in [6, 6.07) is 14.6. The van der Waals surface area contributed by atoms with Crippen molar-refractivity contribution in [3.63, 3.8) is 0 Å². The highest BCUT2D eigenvalue weighted by Gasteiger charge is 2.30. The summed E-state index contributed by atoms with van der Waals surface area (Å²) in [6.45, 7) is 3.78. The highest BCUT2D eigenvalue weighted by molar-refractivity contribution is 5.89. The van der Waals surface area contributed by atoms with Gasteiger partial charge in [0.2, 0.25) is 5.91 Å². The molecule has 0 heterocycles. The average Bonchev–Trinajstić information content (AvgIpc) is 3.09. The van der Waals surface area contributed by atoms with Crippen LogP contribution in [0.2, 0.25) is 0 Å². The van der Waals surface area contributed by atoms with E-state index >= 15 is 0 Å². The molecule has 1 aliphatic rings. The number of nitrogens with one attached hydrogen (secondary N) is 2. The number of carboxylic acids is 1. The van der Waals surface area contributed by atoms with Gasteiger partial charge in [-0.25, -0.2) is 4.79 Å². The van der Waals surface area contributed by atoms with Crippen molar-refractivity contribution in [3.8, 4) is 11.1 Å². The van der Waals surface area contributed by atoms with Crippen LogP contribution in [-0.4, -0.2) is 55.0 Å². The van der Waals surface area contributed by atoms with Gasteiger partial charge >= 0.3 is 12.1 Å². The van der Waals surface area contributed by atoms with Crippen LogP contribution in [0.25, 0.3) is 11.1 Å². The van der Waals surface area contributed by atoms with Gasteiger partial charge in [0.1, 0.15) is 12.6 Å². The zero-order valence-electron chi connectivity index (χ0n) is 18.4. The van der Waals surface area contributed by atoms with E-state index in [1.165, 1.54) is 7.11 Å². The average molecular weight is 440 g/mol. The van der Waals surface area contributed by atoms with E-state index in [2.05, 4.69) is 10.6 Å². The Labute approximate surface area is 186 Å². The molecule has 0 spiro atoms. The number of carbonyl (C=O) groups excluding carboxylic acids is 2. The van der Waals surface area contributed by atoms with Crippen LogP contribution in [0.4, 0.5) is 4.79 Å². The van der Waals surface area contributed by atoms with E-state index in [-0.39, 0.29) is 19.1 Å². The first kappa shape index (κ1) is 23.3. The van der Waals surface area contributed by atoms with Gasteiger partial charge in [-0.2, -0.15) is 0 Å². The number of amides is 2. The molecule has 0 bridgehead atoms. The molecule has 2 amide bonds. The van der Waals surface area contributed by atoms with Crippen molar-refractivity contribution in [2.75, 3.05) is 20.3 Å². The van der Waals surface area contributed by atoms with Crippen LogP contribution < -0.4 is 10.6 Å². The van der Waals surface area contributed by atoms with Gasteiger partial charge in [0, 0.05) is 19.6 Å². The summed E-state index contributed by atoms with van der Waals surface area (Å²) in [5.74, 6) is -1.97. The number of carbonyl (C=O) groups is 3. The molecule has 1 atom stereocenters. The molecule has 2 aromatic carbocycles. The number of methoxy groups -OCH3 is 1. The smallest absolute Gasteiger partial charge is 0.407 e. The lowest BCUT2D eigenvalue weighted by Gasteiger charge is -2.25. The van der Waals surface area contributed by atoms with Crippen molar-refractivity contribution in [1.82, 2.24) is 10.6 Å². The quantitative estimate of drug-likeness (QED) is 0.553. The van der Waals surface area contributed by atoms with Crippen molar-refractivity contribution in [2.24, 2.45) is 0 Å². The second kappa shape index (κ2) is 9.82. The summed E-state index contributed by atoms with van der Waals surface area (Å²) in [6.07, 6.45) is -1.41. The Morgan fingerprint density at radius 1 is 1.03 bits per heavy atom. The zero-order valence-corrected chi connectivity index (χ0v) is 18.4. The van der Waals surface area contributed by atoms with E-state index in [9.17, 15) is 14.4 Å². The lowest BCUT2D eigenvalue weighted by Crippen LogP contribution is -2.51. The molecule has 0 saturated heterocycles. The highest BCUT2D eigenvalue weighted by atomic mass is 16.5. The Bertz CT molecular complexity index is 958. The number of fused-ring (bicyclic) bond motifs is 3. The molecule has 1 unspecified atom stereocenters. The molecule has 0 fully saturated rings. The fraction of sp³-hybridized carbons (Fsp3) is 0.375. The van der Waals surface area contributed by atoms with Crippen molar-refractivity contribution >= 4 is 18.0 Å². The number of ether oxygens (including phenoxy) is 2. The fourth-order valence-corrected chi connectivity index (χ4v) is 3.66. The summed E-state index contributed by atoms with van der Waals surface area (Å²) in [5, 5.41) is 14.1. The number of rotatable bonds is 9. The third-order valence-electron chi connectivity index (χ3n) is 5.57. The fourth-order valence-electron chi connectivity index (χ4n) is 3.66. The monoisotopic (exact) mass is 440 g/mol. The number of carboxylic acid groups (broad SMARTS) is 1. The summed E-state index contributed by atoms with van der Waals surface area (Å²) in [4.78, 5) is 36.1. The minimum Gasteiger partial charge on any atom is -0.481 e. The van der Waals surface area contributed by atoms with Gasteiger partial charge in [-0.3, -0.25) is 9.59 Å². The summed E-state index contributed by atoms with van der Waals surface area (Å²) >= 11 is 0. The van der Waals surface area contributed by atoms with Crippen molar-refractivity contribution in [2.45, 2.75) is 37.8 Å². The molecular weight excluding hydrogens is 412 g/mol. The van der Waals surface area contributed by atoms with Crippen LogP contribution in [-0.2, 0) is 19.1 Å². The van der Waals surface area contributed by atoms with Crippen LogP contribution in [0.15, 0.2) is 48.5 Å². The number of hydrogen-bond donors (Lipinski definition) is 3. The molecule has 0 saturated carbocycles. The summed E-state index contributed by atoms with van der Waals surface area (Å²) < 4.78 is 10.7. The first-order valence-electron chi connectivity index (χ1n) is 10.4. The lowest BCUT2D eigenvalue weighted by molar-refractivity contribution is -0.140. The van der Waals surface area contributed by atoms with Crippen LogP contribution in [0.3, 0.4) is 0 Å². The Balaban J connectivity index is 1.64. The van der Waals surface area contributed by atoms with Gasteiger partial charge in [-0.05, 0) is 36.1 Å². The molecule has 8 heteroatoms. The van der Waals surface area contributed by atoms with Crippen LogP contribution in [0.5, 0.6) is 0 Å². The first-order valence-corrected chi connectivity index (χ1v) is 10.4. The van der Waals surface area contributed by atoms with Gasteiger partial charge in [-0.1, -0.05) is 48.5 Å². The predicted octanol–water partition coefficient (Wildman–Crippen LogP) is 2.91. The van der Waals surface area contributed by atoms with Gasteiger partial charge in [0.05, 0.1) is 12.0 Å². The van der Waals surface area contributed by atoms with Crippen molar-refractivity contribution in [1.29, 1.82) is 0 Å². The molecule has 8 nitrogen and oxygen atoms in total. The largest absolute Gasteiger partial charge is 0.481 e. The van der Waals surface area contributed by atoms with Gasteiger partial charge in [-0.15, -0.1) is 0 Å². The molecule has 170 valence electrons. The normalized spacial score (nSPS) is 13.6. The standard InChI is InChI=1S/C24H28N2O6/c1-24(2,31-3)14-25-22(29)20(12-21(27)28)26-23(30)32-13-19-17-10-6-4-8-15(17)16-9-5-7-11-18(16)19/h4-11,19-20H,12-14H2,1-3H3,(H,25,29)(H,26,30)(H,27,28). The first-order chi connectivity index (χ1) is 15.2. The van der Waals surface area contributed by atoms with E-state index in [0.29, 0.717) is 0 Å². The second-order valence-electron chi connectivity index (χ2n) is 8.30. The Kier molecular flexibility index (Phi) is 7.15. The maximum atomic E-state index is 12.5. The van der Waals surface area contributed by atoms with Crippen molar-refractivity contribution < 1.29 is 29.0 Å². The maximum Gasteiger partial charge on any atom is 0.407 e. The molecule has 0 aromatic heterocycles. The number of alkyl carbamates (subject to hydrolysis) is 1. The molecule has 3 N–H and O–H groups in total. The zero-order chi connectivity index (χ0) is 23.3. The molecule has 3 rings (SSSR count). The van der Waals surface area contributed by atoms with Crippen molar-refractivity contribution in [3.05, 3.63) is 59.7 Å².